The number of nitrogens with one attached hydrogen (secondary N) is 1. The summed E-state index contributed by atoms with van der Waals surface area (Å²) >= 11 is 10.0. The molecule has 0 saturated heterocycles. The van der Waals surface area contributed by atoms with E-state index in [1.807, 2.05) is 27.7 Å². The lowest BCUT2D eigenvalue weighted by Crippen LogP contribution is -2.23. The van der Waals surface area contributed by atoms with Crippen LogP contribution in [-0.2, 0) is 61.2 Å². The van der Waals surface area contributed by atoms with Crippen molar-refractivity contribution in [3.05, 3.63) is 254 Å². The van der Waals surface area contributed by atoms with Gasteiger partial charge in [-0.3, -0.25) is 19.2 Å². The molecule has 460 valence electrons. The van der Waals surface area contributed by atoms with Crippen LogP contribution in [0.15, 0.2) is 223 Å². The van der Waals surface area contributed by atoms with Gasteiger partial charge in [0.05, 0.1) is 25.1 Å². The van der Waals surface area contributed by atoms with Crippen LogP contribution in [0.1, 0.15) is 32.6 Å². The number of pyridine rings is 4. The van der Waals surface area contributed by atoms with E-state index in [-0.39, 0.29) is 63.7 Å². The van der Waals surface area contributed by atoms with Gasteiger partial charge in [0, 0.05) is 106 Å². The van der Waals surface area contributed by atoms with Crippen LogP contribution in [0.5, 0.6) is 0 Å². The number of carboxylic acids is 1. The fourth-order valence-corrected chi connectivity index (χ4v) is 16.3. The first kappa shape index (κ1) is 65.0. The van der Waals surface area contributed by atoms with Crippen LogP contribution >= 0.6 is 47.8 Å². The molecule has 89 heavy (non-hydrogen) atoms. The zero-order valence-corrected chi connectivity index (χ0v) is 55.8. The third-order valence-electron chi connectivity index (χ3n) is 14.1. The number of aryl methyl sites for hydroxylation is 7. The van der Waals surface area contributed by atoms with Gasteiger partial charge in [0.2, 0.25) is 0 Å². The minimum Gasteiger partial charge on any atom is -0.478 e. The maximum absolute atomic E-state index is 12.8. The number of rotatable bonds is 9. The van der Waals surface area contributed by atoms with E-state index in [4.69, 9.17) is 0 Å². The maximum Gasteiger partial charge on any atom is 0.337 e. The van der Waals surface area contributed by atoms with E-state index in [0.29, 0.717) is 29.6 Å². The second-order valence-electron chi connectivity index (χ2n) is 20.3. The number of benzene rings is 4. The molecule has 2 N–H and O–H groups in total. The Morgan fingerprint density at radius 2 is 0.640 bits per heavy atom. The molecule has 0 bridgehead atoms. The monoisotopic (exact) mass is 1470 g/mol. The first-order valence-electron chi connectivity index (χ1n) is 26.1. The minimum absolute atomic E-state index is 0.0216. The second kappa shape index (κ2) is 24.8. The van der Waals surface area contributed by atoms with Gasteiger partial charge in [-0.1, -0.05) is 70.8 Å². The molecule has 0 fully saturated rings. The van der Waals surface area contributed by atoms with Gasteiger partial charge in [-0.15, -0.1) is 0 Å². The normalized spacial score (nSPS) is 11.9. The van der Waals surface area contributed by atoms with Crippen molar-refractivity contribution < 1.29 is 43.6 Å². The van der Waals surface area contributed by atoms with Crippen LogP contribution in [0.3, 0.4) is 0 Å². The van der Waals surface area contributed by atoms with Crippen LogP contribution in [0.2, 0.25) is 0 Å². The zero-order valence-electron chi connectivity index (χ0n) is 47.8. The number of aromatic nitrogens is 8. The fourth-order valence-electron chi connectivity index (χ4n) is 9.27. The van der Waals surface area contributed by atoms with Crippen molar-refractivity contribution in [3.63, 3.8) is 0 Å². The summed E-state index contributed by atoms with van der Waals surface area (Å²) in [5.41, 5.74) is 2.09. The first-order valence-corrected chi connectivity index (χ1v) is 34.3. The van der Waals surface area contributed by atoms with E-state index >= 15 is 0 Å². The Kier molecular flexibility index (Phi) is 18.1. The second-order valence-corrected chi connectivity index (χ2v) is 30.1. The van der Waals surface area contributed by atoms with E-state index in [1.165, 1.54) is 83.7 Å². The summed E-state index contributed by atoms with van der Waals surface area (Å²) in [5, 5.41) is 11.1. The lowest BCUT2D eigenvalue weighted by Gasteiger charge is -2.09. The molecule has 8 heterocycles. The number of aromatic amines is 1. The topological polar surface area (TPSA) is 292 Å². The van der Waals surface area contributed by atoms with E-state index in [9.17, 15) is 62.8 Å². The smallest absolute Gasteiger partial charge is 0.337 e. The highest BCUT2D eigenvalue weighted by molar-refractivity contribution is 9.11. The number of H-pyrrole nitrogens is 1. The highest BCUT2D eigenvalue weighted by Gasteiger charge is 2.27. The molecule has 12 rings (SSSR count). The van der Waals surface area contributed by atoms with Crippen LogP contribution in [0.25, 0.3) is 43.6 Å². The van der Waals surface area contributed by atoms with Gasteiger partial charge in [0.25, 0.3) is 62.3 Å². The highest BCUT2D eigenvalue weighted by Crippen LogP contribution is 2.29. The number of halogens is 3. The van der Waals surface area contributed by atoms with Gasteiger partial charge in [0.1, 0.15) is 22.1 Å². The molecule has 4 aromatic carbocycles. The van der Waals surface area contributed by atoms with Gasteiger partial charge < -0.3 is 23.8 Å². The Balaban J connectivity index is 0.000000141. The molecule has 0 aliphatic heterocycles. The molecule has 22 nitrogen and oxygen atoms in total. The van der Waals surface area contributed by atoms with Gasteiger partial charge in [-0.25, -0.2) is 54.4 Å². The standard InChI is InChI=1S/C16H14N2O5S.2C15H13BrN2O3S.C14H11BrN2O3S/c1-10-3-5-11(6-4-10)24(22,23)18-8-7-12-13(16(20)21)9-17(2)15(19)14(12)18;2*1-10-3-5-11(6-4-10)22(20,21)18-8-7-12-13(16)9-17(2)15(19)14(12)18;1-9-2-4-10(5-3-9)21(19,20)17-7-6-11-12(15)8-16-14(18)13(11)17/h3-9H,1-2H3,(H,20,21);2*3-9H,1-2H3;2-8H,1H3,(H,16,18). The highest BCUT2D eigenvalue weighted by atomic mass is 79.9. The van der Waals surface area contributed by atoms with Crippen LogP contribution in [-0.4, -0.2) is 79.3 Å². The lowest BCUT2D eigenvalue weighted by molar-refractivity contribution is 0.0698. The van der Waals surface area contributed by atoms with Gasteiger partial charge in [-0.2, -0.15) is 0 Å². The Labute approximate surface area is 533 Å². The Bertz CT molecular complexity index is 5380. The number of hydrogen-bond donors (Lipinski definition) is 2. The molecule has 29 heteroatoms. The molecule has 12 aromatic rings. The molecule has 0 unspecified atom stereocenters. The quantitative estimate of drug-likeness (QED) is 0.136. The summed E-state index contributed by atoms with van der Waals surface area (Å²) < 4.78 is 112. The number of carboxylic acid groups (broad SMARTS) is 1. The van der Waals surface area contributed by atoms with Crippen molar-refractivity contribution in [3.8, 4) is 0 Å². The number of fused-ring (bicyclic) bond motifs is 4. The molecular weight excluding hydrogens is 1420 g/mol. The summed E-state index contributed by atoms with van der Waals surface area (Å²) in [6, 6.07) is 31.9. The molecule has 0 aliphatic carbocycles. The maximum atomic E-state index is 12.8. The number of nitrogens with zero attached hydrogens (tertiary/aromatic N) is 7. The van der Waals surface area contributed by atoms with Crippen molar-refractivity contribution in [2.24, 2.45) is 21.1 Å². The number of hydrogen-bond acceptors (Lipinski definition) is 13. The molecule has 0 spiro atoms. The third kappa shape index (κ3) is 12.4. The van der Waals surface area contributed by atoms with Crippen LogP contribution < -0.4 is 22.2 Å². The van der Waals surface area contributed by atoms with Crippen molar-refractivity contribution in [2.75, 3.05) is 0 Å². The lowest BCUT2D eigenvalue weighted by atomic mass is 10.2. The summed E-state index contributed by atoms with van der Waals surface area (Å²) in [5.74, 6) is -1.24. The van der Waals surface area contributed by atoms with E-state index in [1.54, 1.807) is 117 Å². The fraction of sp³-hybridized carbons (Fsp3) is 0.117. The minimum atomic E-state index is -4.01. The Hall–Kier alpha value is -8.45. The SMILES string of the molecule is Cc1ccc(S(=O)(=O)n2ccc3c(Br)c[nH]c(=O)c32)cc1.Cc1ccc(S(=O)(=O)n2ccc3c(Br)cn(C)c(=O)c32)cc1.Cc1ccc(S(=O)(=O)n2ccc3c(Br)cn(C)c(=O)c32)cc1.Cc1ccc(S(=O)(=O)n2ccc3c(C(=O)O)cn(C)c(=O)c32)cc1. The molecule has 0 radical (unpaired) electrons. The number of carbonyl (C=O) groups is 1. The molecule has 0 atom stereocenters. The largest absolute Gasteiger partial charge is 0.478 e. The zero-order chi connectivity index (χ0) is 65.0. The van der Waals surface area contributed by atoms with E-state index in [0.717, 1.165) is 42.7 Å². The van der Waals surface area contributed by atoms with Crippen LogP contribution in [0, 0.1) is 27.7 Å². The molecular formula is C60H51Br3N8O14S4. The van der Waals surface area contributed by atoms with Crippen LogP contribution in [0.4, 0.5) is 0 Å². The molecule has 0 amide bonds. The van der Waals surface area contributed by atoms with Crippen molar-refractivity contribution >= 4 is 137 Å². The number of aromatic carboxylic acids is 1. The van der Waals surface area contributed by atoms with Gasteiger partial charge in [0.15, 0.2) is 0 Å². The van der Waals surface area contributed by atoms with Crippen molar-refractivity contribution in [1.82, 2.24) is 34.6 Å². The predicted octanol–water partition coefficient (Wildman–Crippen LogP) is 9.52. The average Bonchev–Trinajstić information content (AvgIpc) is 1.88. The Morgan fingerprint density at radius 3 is 0.944 bits per heavy atom. The summed E-state index contributed by atoms with van der Waals surface area (Å²) in [4.78, 5) is 63.4. The van der Waals surface area contributed by atoms with Crippen molar-refractivity contribution in [2.45, 2.75) is 47.3 Å². The first-order chi connectivity index (χ1) is 41.8. The van der Waals surface area contributed by atoms with Crippen molar-refractivity contribution in [1.29, 1.82) is 0 Å². The van der Waals surface area contributed by atoms with Gasteiger partial charge >= 0.3 is 5.97 Å². The summed E-state index contributed by atoms with van der Waals surface area (Å²) in [6.45, 7) is 7.47. The molecule has 0 saturated carbocycles. The average molecular weight is 1480 g/mol. The van der Waals surface area contributed by atoms with Gasteiger partial charge in [-0.05, 0) is 148 Å². The van der Waals surface area contributed by atoms with E-state index in [2.05, 4.69) is 52.8 Å². The molecule has 8 aromatic heterocycles. The summed E-state index contributed by atoms with van der Waals surface area (Å²) in [7, 11) is -10.9. The Morgan fingerprint density at radius 1 is 0.382 bits per heavy atom. The third-order valence-corrected chi connectivity index (χ3v) is 22.7. The predicted molar refractivity (Wildman–Crippen MR) is 349 cm³/mol. The summed E-state index contributed by atoms with van der Waals surface area (Å²) in [6.07, 6.45) is 11.3. The van der Waals surface area contributed by atoms with E-state index < -0.39 is 57.2 Å². The molecule has 0 aliphatic rings.